The smallest absolute Gasteiger partial charge is 0.257 e. The van der Waals surface area contributed by atoms with Gasteiger partial charge in [0.1, 0.15) is 5.75 Å². The summed E-state index contributed by atoms with van der Waals surface area (Å²) in [4.78, 5) is 14.4. The van der Waals surface area contributed by atoms with Crippen LogP contribution in [0.25, 0.3) is 0 Å². The van der Waals surface area contributed by atoms with Gasteiger partial charge < -0.3 is 14.7 Å². The normalized spacial score (nSPS) is 18.8. The van der Waals surface area contributed by atoms with Gasteiger partial charge in [0.2, 0.25) is 0 Å². The highest BCUT2D eigenvalue weighted by atomic mass is 16.5. The number of hydrogen-bond acceptors (Lipinski definition) is 3. The van der Waals surface area contributed by atoms with Crippen LogP contribution in [0.4, 0.5) is 0 Å². The second-order valence-electron chi connectivity index (χ2n) is 5.92. The predicted octanol–water partition coefficient (Wildman–Crippen LogP) is 2.98. The lowest BCUT2D eigenvalue weighted by Gasteiger charge is -2.33. The number of rotatable bonds is 5. The molecule has 1 amide bonds. The Morgan fingerprint density at radius 3 is 3.00 bits per heavy atom. The van der Waals surface area contributed by atoms with Crippen molar-refractivity contribution in [1.82, 2.24) is 4.90 Å². The Bertz CT molecular complexity index is 487. The number of phenolic OH excluding ortho intramolecular Hbond substituents is 1. The number of methoxy groups -OCH3 is 1. The topological polar surface area (TPSA) is 49.8 Å². The van der Waals surface area contributed by atoms with Gasteiger partial charge in [-0.05, 0) is 56.2 Å². The summed E-state index contributed by atoms with van der Waals surface area (Å²) in [6.45, 7) is 4.26. The second-order valence-corrected chi connectivity index (χ2v) is 5.92. The van der Waals surface area contributed by atoms with Crippen LogP contribution in [0.1, 0.15) is 41.6 Å². The van der Waals surface area contributed by atoms with Crippen molar-refractivity contribution in [1.29, 1.82) is 0 Å². The van der Waals surface area contributed by atoms with Crippen LogP contribution in [0.3, 0.4) is 0 Å². The summed E-state index contributed by atoms with van der Waals surface area (Å²) in [6.07, 6.45) is 4.35. The Morgan fingerprint density at radius 2 is 2.29 bits per heavy atom. The average Bonchev–Trinajstić information content (AvgIpc) is 2.47. The first-order valence-electron chi connectivity index (χ1n) is 7.69. The molecule has 1 saturated heterocycles. The zero-order valence-corrected chi connectivity index (χ0v) is 13.0. The molecule has 1 N–H and O–H groups in total. The molecule has 1 fully saturated rings. The maximum atomic E-state index is 12.5. The number of hydrogen-bond donors (Lipinski definition) is 1. The lowest BCUT2D eigenvalue weighted by atomic mass is 9.93. The van der Waals surface area contributed by atoms with Crippen LogP contribution in [0.5, 0.6) is 5.75 Å². The Balaban J connectivity index is 1.98. The summed E-state index contributed by atoms with van der Waals surface area (Å²) in [5.41, 5.74) is 1.37. The molecule has 1 aliphatic rings. The van der Waals surface area contributed by atoms with Crippen LogP contribution in [-0.2, 0) is 4.74 Å². The third-order valence-electron chi connectivity index (χ3n) is 4.15. The first kappa shape index (κ1) is 15.8. The van der Waals surface area contributed by atoms with E-state index in [1.807, 2.05) is 17.9 Å². The minimum Gasteiger partial charge on any atom is -0.507 e. The summed E-state index contributed by atoms with van der Waals surface area (Å²) < 4.78 is 5.09. The van der Waals surface area contributed by atoms with Gasteiger partial charge in [-0.2, -0.15) is 0 Å². The molecule has 0 radical (unpaired) electrons. The number of carbonyl (C=O) groups is 1. The summed E-state index contributed by atoms with van der Waals surface area (Å²) >= 11 is 0. The van der Waals surface area contributed by atoms with Gasteiger partial charge in [-0.1, -0.05) is 6.07 Å². The Morgan fingerprint density at radius 1 is 1.48 bits per heavy atom. The molecule has 2 rings (SSSR count). The van der Waals surface area contributed by atoms with Crippen molar-refractivity contribution in [2.24, 2.45) is 5.92 Å². The second kappa shape index (κ2) is 7.46. The zero-order valence-electron chi connectivity index (χ0n) is 13.0. The van der Waals surface area contributed by atoms with Crippen molar-refractivity contribution in [3.63, 3.8) is 0 Å². The van der Waals surface area contributed by atoms with Gasteiger partial charge in [0.25, 0.3) is 5.91 Å². The zero-order chi connectivity index (χ0) is 15.2. The van der Waals surface area contributed by atoms with Gasteiger partial charge in [0.15, 0.2) is 0 Å². The third-order valence-corrected chi connectivity index (χ3v) is 4.15. The summed E-state index contributed by atoms with van der Waals surface area (Å²) in [6, 6.07) is 5.24. The van der Waals surface area contributed by atoms with Crippen LogP contribution in [0, 0.1) is 12.8 Å². The van der Waals surface area contributed by atoms with Crippen molar-refractivity contribution >= 4 is 5.91 Å². The summed E-state index contributed by atoms with van der Waals surface area (Å²) in [5, 5.41) is 9.97. The minimum absolute atomic E-state index is 0.0519. The van der Waals surface area contributed by atoms with E-state index in [0.717, 1.165) is 44.5 Å². The van der Waals surface area contributed by atoms with Gasteiger partial charge in [0, 0.05) is 26.8 Å². The molecule has 0 saturated carbocycles. The standard InChI is InChI=1S/C17H25NO3/c1-13-7-8-15(16(19)11-13)17(20)18-9-3-5-14(12-18)6-4-10-21-2/h7-8,11,14,19H,3-6,9-10,12H2,1-2H3/t14-/m1/s1. The molecule has 0 bridgehead atoms. The highest BCUT2D eigenvalue weighted by Gasteiger charge is 2.25. The van der Waals surface area contributed by atoms with E-state index in [1.54, 1.807) is 19.2 Å². The number of carbonyl (C=O) groups excluding carboxylic acids is 1. The number of ether oxygens (including phenoxy) is 1. The minimum atomic E-state index is -0.0519. The number of aromatic hydroxyl groups is 1. The van der Waals surface area contributed by atoms with Crippen molar-refractivity contribution in [3.8, 4) is 5.75 Å². The summed E-state index contributed by atoms with van der Waals surface area (Å²) in [7, 11) is 1.72. The first-order valence-corrected chi connectivity index (χ1v) is 7.69. The fraction of sp³-hybridized carbons (Fsp3) is 0.588. The van der Waals surface area contributed by atoms with Crippen molar-refractivity contribution in [3.05, 3.63) is 29.3 Å². The van der Waals surface area contributed by atoms with E-state index in [-0.39, 0.29) is 11.7 Å². The van der Waals surface area contributed by atoms with E-state index in [1.165, 1.54) is 6.42 Å². The molecule has 21 heavy (non-hydrogen) atoms. The molecule has 0 aromatic heterocycles. The number of amides is 1. The number of benzene rings is 1. The van der Waals surface area contributed by atoms with Crippen molar-refractivity contribution in [2.45, 2.75) is 32.6 Å². The quantitative estimate of drug-likeness (QED) is 0.849. The lowest BCUT2D eigenvalue weighted by molar-refractivity contribution is 0.0657. The molecule has 116 valence electrons. The maximum Gasteiger partial charge on any atom is 0.257 e. The molecule has 4 nitrogen and oxygen atoms in total. The summed E-state index contributed by atoms with van der Waals surface area (Å²) in [5.74, 6) is 0.580. The highest BCUT2D eigenvalue weighted by Crippen LogP contribution is 2.25. The van der Waals surface area contributed by atoms with Gasteiger partial charge >= 0.3 is 0 Å². The fourth-order valence-corrected chi connectivity index (χ4v) is 2.99. The van der Waals surface area contributed by atoms with Gasteiger partial charge in [-0.15, -0.1) is 0 Å². The SMILES string of the molecule is COCCC[C@H]1CCCN(C(=O)c2ccc(C)cc2O)C1. The van der Waals surface area contributed by atoms with Crippen LogP contribution in [-0.4, -0.2) is 42.7 Å². The predicted molar refractivity (Wildman–Crippen MR) is 82.6 cm³/mol. The van der Waals surface area contributed by atoms with Gasteiger partial charge in [0.05, 0.1) is 5.56 Å². The highest BCUT2D eigenvalue weighted by molar-refractivity contribution is 5.97. The van der Waals surface area contributed by atoms with E-state index in [0.29, 0.717) is 11.5 Å². The largest absolute Gasteiger partial charge is 0.507 e. The fourth-order valence-electron chi connectivity index (χ4n) is 2.99. The molecule has 1 aliphatic heterocycles. The van der Waals surface area contributed by atoms with Crippen molar-refractivity contribution in [2.75, 3.05) is 26.8 Å². The van der Waals surface area contributed by atoms with Gasteiger partial charge in [-0.3, -0.25) is 4.79 Å². The Hall–Kier alpha value is -1.55. The molecule has 4 heteroatoms. The van der Waals surface area contributed by atoms with E-state index in [2.05, 4.69) is 0 Å². The number of piperidine rings is 1. The molecule has 1 atom stereocenters. The number of aryl methyl sites for hydroxylation is 1. The van der Waals surface area contributed by atoms with Crippen LogP contribution >= 0.6 is 0 Å². The molecule has 0 aliphatic carbocycles. The lowest BCUT2D eigenvalue weighted by Crippen LogP contribution is -2.40. The third kappa shape index (κ3) is 4.21. The van der Waals surface area contributed by atoms with Crippen LogP contribution in [0.2, 0.25) is 0 Å². The van der Waals surface area contributed by atoms with Crippen LogP contribution < -0.4 is 0 Å². The molecule has 1 aromatic carbocycles. The van der Waals surface area contributed by atoms with E-state index < -0.39 is 0 Å². The molecular formula is C17H25NO3. The number of likely N-dealkylation sites (tertiary alicyclic amines) is 1. The molecule has 0 unspecified atom stereocenters. The van der Waals surface area contributed by atoms with Crippen LogP contribution in [0.15, 0.2) is 18.2 Å². The van der Waals surface area contributed by atoms with Gasteiger partial charge in [-0.25, -0.2) is 0 Å². The average molecular weight is 291 g/mol. The van der Waals surface area contributed by atoms with Crippen molar-refractivity contribution < 1.29 is 14.6 Å². The molecule has 1 heterocycles. The monoisotopic (exact) mass is 291 g/mol. The molecule has 0 spiro atoms. The van der Waals surface area contributed by atoms with E-state index in [9.17, 15) is 9.90 Å². The maximum absolute atomic E-state index is 12.5. The molecular weight excluding hydrogens is 266 g/mol. The van der Waals surface area contributed by atoms with E-state index >= 15 is 0 Å². The number of nitrogens with zero attached hydrogens (tertiary/aromatic N) is 1. The first-order chi connectivity index (χ1) is 10.1. The Kier molecular flexibility index (Phi) is 5.62. The number of phenols is 1. The Labute approximate surface area is 126 Å². The van der Waals surface area contributed by atoms with E-state index in [4.69, 9.17) is 4.74 Å². The molecule has 1 aromatic rings.